The first-order chi connectivity index (χ1) is 12.0. The Morgan fingerprint density at radius 3 is 2.58 bits per heavy atom. The summed E-state index contributed by atoms with van der Waals surface area (Å²) in [6, 6.07) is 3.68. The Morgan fingerprint density at radius 2 is 2.00 bits per heavy atom. The van der Waals surface area contributed by atoms with Crippen LogP contribution in [0.25, 0.3) is 0 Å². The van der Waals surface area contributed by atoms with E-state index in [1.54, 1.807) is 13.2 Å². The summed E-state index contributed by atoms with van der Waals surface area (Å²) in [6.45, 7) is 14.5. The number of rotatable bonds is 5. The highest BCUT2D eigenvalue weighted by Crippen LogP contribution is 2.37. The molecule has 1 aromatic carbocycles. The monoisotopic (exact) mass is 378 g/mol. The van der Waals surface area contributed by atoms with Gasteiger partial charge in [-0.1, -0.05) is 20.8 Å². The van der Waals surface area contributed by atoms with Crippen molar-refractivity contribution in [3.05, 3.63) is 23.3 Å². The third-order valence-corrected chi connectivity index (χ3v) is 10.4. The first-order valence-electron chi connectivity index (χ1n) is 9.37. The van der Waals surface area contributed by atoms with Crippen LogP contribution in [0.2, 0.25) is 18.1 Å². The van der Waals surface area contributed by atoms with Crippen LogP contribution in [0.15, 0.2) is 12.1 Å². The highest BCUT2D eigenvalue weighted by atomic mass is 28.4. The Balaban J connectivity index is 2.16. The maximum Gasteiger partial charge on any atom is 0.256 e. The normalized spacial score (nSPS) is 18.3. The molecule has 6 heteroatoms. The summed E-state index contributed by atoms with van der Waals surface area (Å²) in [5.74, 6) is 0.665. The van der Waals surface area contributed by atoms with Crippen molar-refractivity contribution in [2.45, 2.75) is 64.7 Å². The highest BCUT2D eigenvalue weighted by Gasteiger charge is 2.39. The van der Waals surface area contributed by atoms with Crippen LogP contribution in [0.1, 0.15) is 49.5 Å². The fourth-order valence-corrected chi connectivity index (χ4v) is 4.11. The highest BCUT2D eigenvalue weighted by molar-refractivity contribution is 6.74. The lowest BCUT2D eigenvalue weighted by molar-refractivity contribution is 0.0684. The van der Waals surface area contributed by atoms with Crippen LogP contribution in [-0.2, 0) is 4.43 Å². The zero-order chi connectivity index (χ0) is 19.7. The van der Waals surface area contributed by atoms with Crippen molar-refractivity contribution < 1.29 is 14.0 Å². The number of carbonyl (C=O) groups excluding carboxylic acids is 1. The molecular weight excluding hydrogens is 344 g/mol. The van der Waals surface area contributed by atoms with Crippen molar-refractivity contribution in [2.24, 2.45) is 0 Å². The van der Waals surface area contributed by atoms with Crippen LogP contribution < -0.4 is 10.5 Å². The molecule has 1 aromatic rings. The molecule has 1 aliphatic heterocycles. The van der Waals surface area contributed by atoms with Gasteiger partial charge in [-0.15, -0.1) is 0 Å². The van der Waals surface area contributed by atoms with E-state index in [2.05, 4.69) is 33.9 Å². The minimum absolute atomic E-state index is 0.0258. The molecule has 0 radical (unpaired) electrons. The second-order valence-electron chi connectivity index (χ2n) is 8.77. The smallest absolute Gasteiger partial charge is 0.256 e. The van der Waals surface area contributed by atoms with Gasteiger partial charge in [0.25, 0.3) is 5.91 Å². The van der Waals surface area contributed by atoms with Crippen LogP contribution in [0.5, 0.6) is 5.75 Å². The molecule has 5 nitrogen and oxygen atoms in total. The van der Waals surface area contributed by atoms with Gasteiger partial charge in [0.2, 0.25) is 0 Å². The van der Waals surface area contributed by atoms with Crippen molar-refractivity contribution in [3.8, 4) is 5.75 Å². The molecule has 0 spiro atoms. The van der Waals surface area contributed by atoms with E-state index in [-0.39, 0.29) is 17.0 Å². The summed E-state index contributed by atoms with van der Waals surface area (Å²) in [5.41, 5.74) is 8.09. The molecule has 1 saturated heterocycles. The minimum Gasteiger partial charge on any atom is -0.496 e. The number of carbonyl (C=O) groups is 1. The predicted octanol–water partition coefficient (Wildman–Crippen LogP) is 4.21. The number of ether oxygens (including phenoxy) is 1. The Labute approximate surface area is 159 Å². The van der Waals surface area contributed by atoms with Gasteiger partial charge < -0.3 is 19.8 Å². The summed E-state index contributed by atoms with van der Waals surface area (Å²) in [6.07, 6.45) is 1.98. The minimum atomic E-state index is -1.83. The average Bonchev–Trinajstić information content (AvgIpc) is 3.00. The van der Waals surface area contributed by atoms with Gasteiger partial charge in [-0.3, -0.25) is 4.79 Å². The van der Waals surface area contributed by atoms with Gasteiger partial charge in [0, 0.05) is 12.2 Å². The molecular formula is C20H34N2O3Si. The van der Waals surface area contributed by atoms with E-state index in [1.165, 1.54) is 0 Å². The molecule has 1 atom stereocenters. The number of likely N-dealkylation sites (tertiary alicyclic amines) is 1. The Kier molecular flexibility index (Phi) is 6.08. The van der Waals surface area contributed by atoms with Crippen LogP contribution >= 0.6 is 0 Å². The molecule has 1 fully saturated rings. The third-order valence-electron chi connectivity index (χ3n) is 5.88. The number of hydrogen-bond acceptors (Lipinski definition) is 4. The molecule has 2 N–H and O–H groups in total. The standard InChI is InChI=1S/C20H34N2O3Si/c1-14-11-17(21)16(12-18(14)24-5)19(23)22-10-8-9-15(22)13-25-26(6,7)20(2,3)4/h11-12,15H,8-10,13,21H2,1-7H3/t15-/m0/s1. The first-order valence-corrected chi connectivity index (χ1v) is 12.3. The van der Waals surface area contributed by atoms with Crippen molar-refractivity contribution in [1.82, 2.24) is 4.90 Å². The molecule has 0 bridgehead atoms. The lowest BCUT2D eigenvalue weighted by Gasteiger charge is -2.38. The first kappa shape index (κ1) is 20.8. The molecule has 0 aliphatic carbocycles. The van der Waals surface area contributed by atoms with Crippen LogP contribution in [0.4, 0.5) is 5.69 Å². The molecule has 26 heavy (non-hydrogen) atoms. The fraction of sp³-hybridized carbons (Fsp3) is 0.650. The number of hydrogen-bond donors (Lipinski definition) is 1. The van der Waals surface area contributed by atoms with E-state index in [0.29, 0.717) is 23.6 Å². The summed E-state index contributed by atoms with van der Waals surface area (Å²) in [5, 5.41) is 0.162. The van der Waals surface area contributed by atoms with Crippen molar-refractivity contribution >= 4 is 19.9 Å². The van der Waals surface area contributed by atoms with Gasteiger partial charge in [-0.25, -0.2) is 0 Å². The second kappa shape index (κ2) is 7.60. The van der Waals surface area contributed by atoms with Gasteiger partial charge in [-0.05, 0) is 55.6 Å². The predicted molar refractivity (Wildman–Crippen MR) is 109 cm³/mol. The molecule has 2 rings (SSSR count). The largest absolute Gasteiger partial charge is 0.496 e. The zero-order valence-corrected chi connectivity index (χ0v) is 18.3. The summed E-state index contributed by atoms with van der Waals surface area (Å²) < 4.78 is 11.7. The topological polar surface area (TPSA) is 64.8 Å². The Hall–Kier alpha value is -1.53. The molecule has 146 valence electrons. The Bertz CT molecular complexity index is 668. The molecule has 0 saturated carbocycles. The van der Waals surface area contributed by atoms with Crippen LogP contribution in [0.3, 0.4) is 0 Å². The van der Waals surface area contributed by atoms with Crippen molar-refractivity contribution in [2.75, 3.05) is 26.0 Å². The van der Waals surface area contributed by atoms with Gasteiger partial charge in [0.1, 0.15) is 5.75 Å². The maximum absolute atomic E-state index is 13.1. The molecule has 0 aromatic heterocycles. The van der Waals surface area contributed by atoms with Crippen molar-refractivity contribution in [1.29, 1.82) is 0 Å². The van der Waals surface area contributed by atoms with E-state index in [1.807, 2.05) is 17.9 Å². The fourth-order valence-electron chi connectivity index (χ4n) is 3.07. The number of nitrogen functional groups attached to an aromatic ring is 1. The lowest BCUT2D eigenvalue weighted by Crippen LogP contribution is -2.46. The number of amides is 1. The molecule has 1 amide bonds. The number of aryl methyl sites for hydroxylation is 1. The molecule has 1 aliphatic rings. The number of nitrogens with zero attached hydrogens (tertiary/aromatic N) is 1. The summed E-state index contributed by atoms with van der Waals surface area (Å²) >= 11 is 0. The number of methoxy groups -OCH3 is 1. The SMILES string of the molecule is COc1cc(C(=O)N2CCC[C@H]2CO[Si](C)(C)C(C)(C)C)c(N)cc1C. The lowest BCUT2D eigenvalue weighted by atomic mass is 10.1. The zero-order valence-electron chi connectivity index (χ0n) is 17.3. The number of benzene rings is 1. The van der Waals surface area contributed by atoms with E-state index >= 15 is 0 Å². The maximum atomic E-state index is 13.1. The average molecular weight is 379 g/mol. The van der Waals surface area contributed by atoms with Crippen LogP contribution in [0, 0.1) is 6.92 Å². The number of anilines is 1. The van der Waals surface area contributed by atoms with Gasteiger partial charge in [0.05, 0.1) is 25.3 Å². The number of nitrogens with two attached hydrogens (primary N) is 1. The van der Waals surface area contributed by atoms with Gasteiger partial charge in [0.15, 0.2) is 8.32 Å². The van der Waals surface area contributed by atoms with E-state index in [9.17, 15) is 4.79 Å². The van der Waals surface area contributed by atoms with E-state index in [0.717, 1.165) is 24.9 Å². The van der Waals surface area contributed by atoms with Crippen LogP contribution in [-0.4, -0.2) is 45.4 Å². The van der Waals surface area contributed by atoms with Gasteiger partial charge in [-0.2, -0.15) is 0 Å². The summed E-state index contributed by atoms with van der Waals surface area (Å²) in [7, 11) is -0.222. The molecule has 0 unspecified atom stereocenters. The Morgan fingerprint density at radius 1 is 1.35 bits per heavy atom. The second-order valence-corrected chi connectivity index (χ2v) is 13.6. The third kappa shape index (κ3) is 4.23. The molecule has 1 heterocycles. The quantitative estimate of drug-likeness (QED) is 0.616. The summed E-state index contributed by atoms with van der Waals surface area (Å²) in [4.78, 5) is 15.0. The van der Waals surface area contributed by atoms with E-state index in [4.69, 9.17) is 14.9 Å². The van der Waals surface area contributed by atoms with Crippen molar-refractivity contribution in [3.63, 3.8) is 0 Å². The van der Waals surface area contributed by atoms with E-state index < -0.39 is 8.32 Å². The van der Waals surface area contributed by atoms with Gasteiger partial charge >= 0.3 is 0 Å².